The van der Waals surface area contributed by atoms with E-state index in [4.69, 9.17) is 5.26 Å². The summed E-state index contributed by atoms with van der Waals surface area (Å²) >= 11 is 0. The number of halogens is 2. The zero-order valence-electron chi connectivity index (χ0n) is 9.61. The second-order valence-corrected chi connectivity index (χ2v) is 3.98. The predicted octanol–water partition coefficient (Wildman–Crippen LogP) is 3.89. The SMILES string of the molecule is N#CCc1cccc(C(F)(F)c2ccccc2)c1. The highest BCUT2D eigenvalue weighted by molar-refractivity contribution is 5.36. The van der Waals surface area contributed by atoms with Crippen molar-refractivity contribution in [2.24, 2.45) is 0 Å². The van der Waals surface area contributed by atoms with E-state index in [1.807, 2.05) is 6.07 Å². The van der Waals surface area contributed by atoms with E-state index < -0.39 is 5.92 Å². The van der Waals surface area contributed by atoms with Crippen molar-refractivity contribution in [3.8, 4) is 6.07 Å². The number of nitriles is 1. The van der Waals surface area contributed by atoms with Gasteiger partial charge in [-0.05, 0) is 11.6 Å². The lowest BCUT2D eigenvalue weighted by Crippen LogP contribution is -2.15. The highest BCUT2D eigenvalue weighted by Crippen LogP contribution is 2.35. The fourth-order valence-electron chi connectivity index (χ4n) is 1.78. The first-order chi connectivity index (χ1) is 8.64. The molecule has 0 aliphatic carbocycles. The largest absolute Gasteiger partial charge is 0.298 e. The summed E-state index contributed by atoms with van der Waals surface area (Å²) in [6.07, 6.45) is 0.138. The molecule has 0 unspecified atom stereocenters. The second kappa shape index (κ2) is 4.97. The topological polar surface area (TPSA) is 23.8 Å². The van der Waals surface area contributed by atoms with Gasteiger partial charge in [0.25, 0.3) is 5.92 Å². The van der Waals surface area contributed by atoms with Gasteiger partial charge in [-0.2, -0.15) is 14.0 Å². The molecule has 0 aliphatic rings. The zero-order valence-corrected chi connectivity index (χ0v) is 9.61. The highest BCUT2D eigenvalue weighted by atomic mass is 19.3. The van der Waals surface area contributed by atoms with Gasteiger partial charge in [0, 0.05) is 11.1 Å². The first-order valence-electron chi connectivity index (χ1n) is 5.54. The van der Waals surface area contributed by atoms with Crippen LogP contribution in [0.25, 0.3) is 0 Å². The monoisotopic (exact) mass is 243 g/mol. The lowest BCUT2D eigenvalue weighted by atomic mass is 9.98. The maximum atomic E-state index is 14.2. The Morgan fingerprint density at radius 3 is 2.28 bits per heavy atom. The molecule has 2 rings (SSSR count). The van der Waals surface area contributed by atoms with E-state index in [0.717, 1.165) is 0 Å². The molecule has 0 bridgehead atoms. The van der Waals surface area contributed by atoms with Gasteiger partial charge in [-0.15, -0.1) is 0 Å². The van der Waals surface area contributed by atoms with Crippen LogP contribution in [0.4, 0.5) is 8.78 Å². The molecule has 0 saturated heterocycles. The van der Waals surface area contributed by atoms with Crippen molar-refractivity contribution in [2.45, 2.75) is 12.3 Å². The maximum absolute atomic E-state index is 14.2. The normalized spacial score (nSPS) is 10.9. The Morgan fingerprint density at radius 1 is 0.944 bits per heavy atom. The van der Waals surface area contributed by atoms with Crippen LogP contribution in [-0.2, 0) is 12.3 Å². The number of hydrogen-bond donors (Lipinski definition) is 0. The third kappa shape index (κ3) is 2.38. The third-order valence-corrected chi connectivity index (χ3v) is 2.71. The Labute approximate surface area is 104 Å². The van der Waals surface area contributed by atoms with Gasteiger partial charge >= 0.3 is 0 Å². The number of hydrogen-bond acceptors (Lipinski definition) is 1. The van der Waals surface area contributed by atoms with Crippen molar-refractivity contribution in [1.29, 1.82) is 5.26 Å². The molecule has 0 fully saturated rings. The van der Waals surface area contributed by atoms with Crippen molar-refractivity contribution in [3.05, 3.63) is 71.3 Å². The van der Waals surface area contributed by atoms with Gasteiger partial charge in [-0.1, -0.05) is 48.5 Å². The van der Waals surface area contributed by atoms with E-state index >= 15 is 0 Å². The zero-order chi connectivity index (χ0) is 13.0. The number of alkyl halides is 2. The molecule has 0 heterocycles. The minimum absolute atomic E-state index is 0.0425. The summed E-state index contributed by atoms with van der Waals surface area (Å²) in [5, 5.41) is 8.59. The van der Waals surface area contributed by atoms with Gasteiger partial charge < -0.3 is 0 Å². The van der Waals surface area contributed by atoms with Crippen LogP contribution in [0.5, 0.6) is 0 Å². The second-order valence-electron chi connectivity index (χ2n) is 3.98. The van der Waals surface area contributed by atoms with E-state index in [9.17, 15) is 8.78 Å². The average molecular weight is 243 g/mol. The van der Waals surface area contributed by atoms with Crippen molar-refractivity contribution in [1.82, 2.24) is 0 Å². The van der Waals surface area contributed by atoms with Crippen molar-refractivity contribution >= 4 is 0 Å². The number of rotatable bonds is 3. The molecular formula is C15H11F2N. The average Bonchev–Trinajstić information content (AvgIpc) is 2.40. The van der Waals surface area contributed by atoms with Crippen molar-refractivity contribution < 1.29 is 8.78 Å². The molecule has 0 aromatic heterocycles. The Kier molecular flexibility index (Phi) is 3.38. The molecule has 0 N–H and O–H groups in total. The molecule has 3 heteroatoms. The standard InChI is InChI=1S/C15H11F2N/c16-15(17,13-6-2-1-3-7-13)14-8-4-5-12(11-14)9-10-18/h1-8,11H,9H2. The van der Waals surface area contributed by atoms with E-state index in [0.29, 0.717) is 5.56 Å². The molecule has 18 heavy (non-hydrogen) atoms. The summed E-state index contributed by atoms with van der Waals surface area (Å²) in [5.41, 5.74) is 0.478. The Balaban J connectivity index is 2.41. The van der Waals surface area contributed by atoms with Crippen LogP contribution < -0.4 is 0 Å². The van der Waals surface area contributed by atoms with E-state index in [1.54, 1.807) is 30.3 Å². The summed E-state index contributed by atoms with van der Waals surface area (Å²) in [6.45, 7) is 0. The van der Waals surface area contributed by atoms with Crippen LogP contribution in [-0.4, -0.2) is 0 Å². The van der Waals surface area contributed by atoms with Gasteiger partial charge in [-0.25, -0.2) is 0 Å². The molecular weight excluding hydrogens is 232 g/mol. The van der Waals surface area contributed by atoms with Crippen molar-refractivity contribution in [3.63, 3.8) is 0 Å². The third-order valence-electron chi connectivity index (χ3n) is 2.71. The van der Waals surface area contributed by atoms with Crippen molar-refractivity contribution in [2.75, 3.05) is 0 Å². The lowest BCUT2D eigenvalue weighted by Gasteiger charge is -2.17. The van der Waals surface area contributed by atoms with Crippen LogP contribution in [0.3, 0.4) is 0 Å². The smallest absolute Gasteiger partial charge is 0.198 e. The minimum Gasteiger partial charge on any atom is -0.198 e. The summed E-state index contributed by atoms with van der Waals surface area (Å²) in [5.74, 6) is -3.03. The number of nitrogens with zero attached hydrogens (tertiary/aromatic N) is 1. The molecule has 0 spiro atoms. The molecule has 1 nitrogen and oxygen atoms in total. The van der Waals surface area contributed by atoms with E-state index in [1.165, 1.54) is 24.3 Å². The molecule has 2 aromatic carbocycles. The van der Waals surface area contributed by atoms with Gasteiger partial charge in [0.1, 0.15) is 0 Å². The van der Waals surface area contributed by atoms with Crippen LogP contribution in [0, 0.1) is 11.3 Å². The lowest BCUT2D eigenvalue weighted by molar-refractivity contribution is 0.0428. The molecule has 0 atom stereocenters. The highest BCUT2D eigenvalue weighted by Gasteiger charge is 2.33. The molecule has 2 aromatic rings. The van der Waals surface area contributed by atoms with Crippen LogP contribution in [0.1, 0.15) is 16.7 Å². The van der Waals surface area contributed by atoms with Crippen LogP contribution in [0.15, 0.2) is 54.6 Å². The predicted molar refractivity (Wildman–Crippen MR) is 65.2 cm³/mol. The van der Waals surface area contributed by atoms with Crippen LogP contribution in [0.2, 0.25) is 0 Å². The Hall–Kier alpha value is -2.21. The van der Waals surface area contributed by atoms with Gasteiger partial charge in [-0.3, -0.25) is 0 Å². The van der Waals surface area contributed by atoms with E-state index in [2.05, 4.69) is 0 Å². The first kappa shape index (κ1) is 12.3. The minimum atomic E-state index is -3.03. The van der Waals surface area contributed by atoms with E-state index in [-0.39, 0.29) is 17.5 Å². The van der Waals surface area contributed by atoms with Gasteiger partial charge in [0.15, 0.2) is 0 Å². The fraction of sp³-hybridized carbons (Fsp3) is 0.133. The summed E-state index contributed by atoms with van der Waals surface area (Å²) in [6, 6.07) is 15.6. The number of benzene rings is 2. The summed E-state index contributed by atoms with van der Waals surface area (Å²) < 4.78 is 28.5. The molecule has 0 saturated carbocycles. The Bertz CT molecular complexity index is 571. The quantitative estimate of drug-likeness (QED) is 0.802. The summed E-state index contributed by atoms with van der Waals surface area (Å²) in [4.78, 5) is 0. The molecule has 0 amide bonds. The van der Waals surface area contributed by atoms with Gasteiger partial charge in [0.2, 0.25) is 0 Å². The fourth-order valence-corrected chi connectivity index (χ4v) is 1.78. The van der Waals surface area contributed by atoms with Crippen LogP contribution >= 0.6 is 0 Å². The molecule has 0 aliphatic heterocycles. The Morgan fingerprint density at radius 2 is 1.61 bits per heavy atom. The maximum Gasteiger partial charge on any atom is 0.298 e. The molecule has 0 radical (unpaired) electrons. The van der Waals surface area contributed by atoms with Gasteiger partial charge in [0.05, 0.1) is 12.5 Å². The summed E-state index contributed by atoms with van der Waals surface area (Å²) in [7, 11) is 0. The first-order valence-corrected chi connectivity index (χ1v) is 5.54. The molecule has 90 valence electrons.